The molecule has 2 amide bonds. The van der Waals surface area contributed by atoms with Crippen molar-refractivity contribution in [3.8, 4) is 0 Å². The molecule has 0 aliphatic carbocycles. The average molecular weight is 256 g/mol. The second kappa shape index (κ2) is 4.88. The van der Waals surface area contributed by atoms with E-state index in [2.05, 4.69) is 5.32 Å². The maximum absolute atomic E-state index is 12.5. The number of hydrogen-bond acceptors (Lipinski definition) is 3. The lowest BCUT2D eigenvalue weighted by Gasteiger charge is -2.45. The minimum Gasteiger partial charge on any atom is -0.382 e. The zero-order chi connectivity index (χ0) is 14.1. The van der Waals surface area contributed by atoms with Gasteiger partial charge in [0, 0.05) is 7.11 Å². The van der Waals surface area contributed by atoms with Crippen LogP contribution in [0.3, 0.4) is 0 Å². The summed E-state index contributed by atoms with van der Waals surface area (Å²) in [7, 11) is 1.59. The van der Waals surface area contributed by atoms with Gasteiger partial charge in [0.2, 0.25) is 11.8 Å². The topological polar surface area (TPSA) is 58.6 Å². The number of hydrogen-bond donors (Lipinski definition) is 1. The summed E-state index contributed by atoms with van der Waals surface area (Å²) in [5.74, 6) is -0.150. The fourth-order valence-corrected chi connectivity index (χ4v) is 2.18. The first kappa shape index (κ1) is 15.0. The predicted octanol–water partition coefficient (Wildman–Crippen LogP) is 0.785. The van der Waals surface area contributed by atoms with Gasteiger partial charge in [0.15, 0.2) is 0 Å². The summed E-state index contributed by atoms with van der Waals surface area (Å²) < 4.78 is 5.14. The molecule has 18 heavy (non-hydrogen) atoms. The number of nitrogens with zero attached hydrogens (tertiary/aromatic N) is 1. The molecule has 5 nitrogen and oxygen atoms in total. The predicted molar refractivity (Wildman–Crippen MR) is 69.1 cm³/mol. The van der Waals surface area contributed by atoms with Crippen LogP contribution < -0.4 is 5.32 Å². The van der Waals surface area contributed by atoms with Crippen LogP contribution in [0.5, 0.6) is 0 Å². The molecule has 1 aliphatic rings. The molecular weight excluding hydrogens is 232 g/mol. The first-order chi connectivity index (χ1) is 8.09. The second-order valence-electron chi connectivity index (χ2n) is 6.54. The monoisotopic (exact) mass is 256 g/mol. The molecule has 0 aromatic carbocycles. The van der Waals surface area contributed by atoms with Crippen molar-refractivity contribution in [1.82, 2.24) is 10.2 Å². The third kappa shape index (κ3) is 3.02. The molecule has 0 radical (unpaired) electrons. The maximum Gasteiger partial charge on any atom is 0.246 e. The molecule has 1 fully saturated rings. The first-order valence-corrected chi connectivity index (χ1v) is 6.19. The standard InChI is InChI=1S/C13H24N2O3/c1-12(2,3)10-11(17)15(7-9(16)14-10)13(4,5)8-18-6/h10H,7-8H2,1-6H3,(H,14,16). The van der Waals surface area contributed by atoms with Gasteiger partial charge in [0.05, 0.1) is 12.1 Å². The van der Waals surface area contributed by atoms with Crippen LogP contribution in [0.1, 0.15) is 34.6 Å². The third-order valence-electron chi connectivity index (χ3n) is 3.21. The van der Waals surface area contributed by atoms with Crippen LogP contribution in [0.2, 0.25) is 0 Å². The fourth-order valence-electron chi connectivity index (χ4n) is 2.18. The number of carbonyl (C=O) groups excluding carboxylic acids is 2. The Kier molecular flexibility index (Phi) is 4.05. The Morgan fingerprint density at radius 3 is 2.28 bits per heavy atom. The molecular formula is C13H24N2O3. The summed E-state index contributed by atoms with van der Waals surface area (Å²) in [6, 6.07) is -0.477. The van der Waals surface area contributed by atoms with E-state index in [0.29, 0.717) is 6.61 Å². The van der Waals surface area contributed by atoms with Crippen LogP contribution in [0.4, 0.5) is 0 Å². The van der Waals surface area contributed by atoms with Gasteiger partial charge in [-0.25, -0.2) is 0 Å². The number of rotatable bonds is 3. The highest BCUT2D eigenvalue weighted by Gasteiger charge is 2.44. The number of ether oxygens (including phenoxy) is 1. The van der Waals surface area contributed by atoms with Crippen molar-refractivity contribution in [3.05, 3.63) is 0 Å². The van der Waals surface area contributed by atoms with Gasteiger partial charge in [0.25, 0.3) is 0 Å². The van der Waals surface area contributed by atoms with Crippen LogP contribution in [-0.2, 0) is 14.3 Å². The van der Waals surface area contributed by atoms with Crippen LogP contribution in [0, 0.1) is 5.41 Å². The molecule has 1 rings (SSSR count). The number of piperazine rings is 1. The van der Waals surface area contributed by atoms with Gasteiger partial charge < -0.3 is 15.0 Å². The zero-order valence-electron chi connectivity index (χ0n) is 12.2. The van der Waals surface area contributed by atoms with Crippen LogP contribution in [0.15, 0.2) is 0 Å². The van der Waals surface area contributed by atoms with Crippen LogP contribution >= 0.6 is 0 Å². The number of carbonyl (C=O) groups is 2. The Morgan fingerprint density at radius 2 is 1.83 bits per heavy atom. The molecule has 0 spiro atoms. The van der Waals surface area contributed by atoms with Crippen molar-refractivity contribution in [2.45, 2.75) is 46.2 Å². The zero-order valence-corrected chi connectivity index (χ0v) is 12.2. The summed E-state index contributed by atoms with van der Waals surface area (Å²) in [5.41, 5.74) is -0.776. The van der Waals surface area contributed by atoms with Gasteiger partial charge in [-0.1, -0.05) is 20.8 Å². The Bertz CT molecular complexity index is 345. The molecule has 0 bridgehead atoms. The molecule has 1 heterocycles. The minimum absolute atomic E-state index is 0.0378. The second-order valence-corrected chi connectivity index (χ2v) is 6.54. The normalized spacial score (nSPS) is 22.1. The maximum atomic E-state index is 12.5. The molecule has 1 saturated heterocycles. The Labute approximate surface area is 109 Å². The number of nitrogens with one attached hydrogen (secondary N) is 1. The van der Waals surface area contributed by atoms with Crippen LogP contribution in [-0.4, -0.2) is 48.6 Å². The van der Waals surface area contributed by atoms with Gasteiger partial charge in [0.1, 0.15) is 12.6 Å². The van der Waals surface area contributed by atoms with Gasteiger partial charge in [-0.15, -0.1) is 0 Å². The number of amides is 2. The Hall–Kier alpha value is -1.10. The van der Waals surface area contributed by atoms with E-state index in [4.69, 9.17) is 4.74 Å². The highest BCUT2D eigenvalue weighted by atomic mass is 16.5. The molecule has 1 unspecified atom stereocenters. The molecule has 1 aliphatic heterocycles. The summed E-state index contributed by atoms with van der Waals surface area (Å²) in [6.45, 7) is 10.2. The largest absolute Gasteiger partial charge is 0.382 e. The van der Waals surface area contributed by atoms with Crippen molar-refractivity contribution in [2.24, 2.45) is 5.41 Å². The van der Waals surface area contributed by atoms with Crippen molar-refractivity contribution in [3.63, 3.8) is 0 Å². The molecule has 1 atom stereocenters. The smallest absolute Gasteiger partial charge is 0.246 e. The summed E-state index contributed by atoms with van der Waals surface area (Å²) in [6.07, 6.45) is 0. The van der Waals surface area contributed by atoms with Gasteiger partial charge >= 0.3 is 0 Å². The van der Waals surface area contributed by atoms with Crippen molar-refractivity contribution in [2.75, 3.05) is 20.3 Å². The van der Waals surface area contributed by atoms with E-state index in [0.717, 1.165) is 0 Å². The summed E-state index contributed by atoms with van der Waals surface area (Å²) >= 11 is 0. The highest BCUT2D eigenvalue weighted by Crippen LogP contribution is 2.27. The minimum atomic E-state index is -0.479. The lowest BCUT2D eigenvalue weighted by Crippen LogP contribution is -2.67. The number of methoxy groups -OCH3 is 1. The Balaban J connectivity index is 3.00. The highest BCUT2D eigenvalue weighted by molar-refractivity contribution is 5.95. The molecule has 0 saturated carbocycles. The SMILES string of the molecule is COCC(C)(C)N1CC(=O)NC(C(C)(C)C)C1=O. The molecule has 1 N–H and O–H groups in total. The van der Waals surface area contributed by atoms with E-state index in [1.165, 1.54) is 0 Å². The van der Waals surface area contributed by atoms with E-state index < -0.39 is 11.6 Å². The van der Waals surface area contributed by atoms with E-state index in [1.807, 2.05) is 34.6 Å². The summed E-state index contributed by atoms with van der Waals surface area (Å²) in [5, 5.41) is 2.78. The summed E-state index contributed by atoms with van der Waals surface area (Å²) in [4.78, 5) is 25.9. The Morgan fingerprint density at radius 1 is 1.28 bits per heavy atom. The van der Waals surface area contributed by atoms with Crippen LogP contribution in [0.25, 0.3) is 0 Å². The van der Waals surface area contributed by atoms with Gasteiger partial charge in [-0.3, -0.25) is 9.59 Å². The van der Waals surface area contributed by atoms with E-state index in [9.17, 15) is 9.59 Å². The van der Waals surface area contributed by atoms with Crippen molar-refractivity contribution in [1.29, 1.82) is 0 Å². The fraction of sp³-hybridized carbons (Fsp3) is 0.846. The molecule has 5 heteroatoms. The van der Waals surface area contributed by atoms with Crippen molar-refractivity contribution >= 4 is 11.8 Å². The third-order valence-corrected chi connectivity index (χ3v) is 3.21. The van der Waals surface area contributed by atoms with E-state index >= 15 is 0 Å². The van der Waals surface area contributed by atoms with E-state index in [1.54, 1.807) is 12.0 Å². The van der Waals surface area contributed by atoms with E-state index in [-0.39, 0.29) is 23.8 Å². The van der Waals surface area contributed by atoms with Crippen molar-refractivity contribution < 1.29 is 14.3 Å². The molecule has 104 valence electrons. The first-order valence-electron chi connectivity index (χ1n) is 6.19. The lowest BCUT2D eigenvalue weighted by molar-refractivity contribution is -0.154. The quantitative estimate of drug-likeness (QED) is 0.812. The molecule has 0 aromatic heterocycles. The lowest BCUT2D eigenvalue weighted by atomic mass is 9.83. The van der Waals surface area contributed by atoms with Gasteiger partial charge in [-0.2, -0.15) is 0 Å². The van der Waals surface area contributed by atoms with Gasteiger partial charge in [-0.05, 0) is 19.3 Å². The molecule has 0 aromatic rings. The average Bonchev–Trinajstić information content (AvgIpc) is 2.19.